The van der Waals surface area contributed by atoms with Crippen molar-refractivity contribution in [2.24, 2.45) is 0 Å². The molecule has 0 aliphatic heterocycles. The minimum atomic E-state index is 0.635. The zero-order valence-electron chi connectivity index (χ0n) is 10.1. The van der Waals surface area contributed by atoms with Crippen molar-refractivity contribution in [3.63, 3.8) is 0 Å². The first kappa shape index (κ1) is 12.0. The number of rotatable bonds is 5. The highest BCUT2D eigenvalue weighted by molar-refractivity contribution is 7.09. The number of ether oxygens (including phenoxy) is 1. The average molecular weight is 251 g/mol. The van der Waals surface area contributed by atoms with Gasteiger partial charge in [-0.3, -0.25) is 0 Å². The Morgan fingerprint density at radius 1 is 1.53 bits per heavy atom. The zero-order valence-corrected chi connectivity index (χ0v) is 11.0. The Labute approximate surface area is 105 Å². The van der Waals surface area contributed by atoms with Crippen molar-refractivity contribution in [2.45, 2.75) is 26.8 Å². The van der Waals surface area contributed by atoms with Gasteiger partial charge in [0, 0.05) is 17.8 Å². The number of aryl methyl sites for hydroxylation is 2. The van der Waals surface area contributed by atoms with Gasteiger partial charge in [0.15, 0.2) is 0 Å². The molecule has 0 atom stereocenters. The van der Waals surface area contributed by atoms with Crippen molar-refractivity contribution in [3.8, 4) is 5.88 Å². The summed E-state index contributed by atoms with van der Waals surface area (Å²) in [5, 5.41) is 6.39. The molecule has 0 saturated heterocycles. The molecule has 0 saturated carbocycles. The maximum atomic E-state index is 5.93. The summed E-state index contributed by atoms with van der Waals surface area (Å²) in [7, 11) is 0. The summed E-state index contributed by atoms with van der Waals surface area (Å²) in [6, 6.07) is 4.16. The molecule has 0 radical (unpaired) electrons. The molecular formula is C12H17N3OS. The van der Waals surface area contributed by atoms with Crippen LogP contribution in [0, 0.1) is 6.92 Å². The number of anilines is 1. The van der Waals surface area contributed by atoms with E-state index < -0.39 is 0 Å². The highest BCUT2D eigenvalue weighted by Crippen LogP contribution is 2.24. The Balaban J connectivity index is 1.98. The van der Waals surface area contributed by atoms with Crippen LogP contribution in [-0.4, -0.2) is 16.4 Å². The predicted molar refractivity (Wildman–Crippen MR) is 70.6 cm³/mol. The second-order valence-corrected chi connectivity index (χ2v) is 4.83. The van der Waals surface area contributed by atoms with Crippen molar-refractivity contribution in [2.75, 3.05) is 12.3 Å². The SMILES string of the molecule is CCn1nc(C)c(N)c1OCCc1cccs1. The molecule has 0 bridgehead atoms. The highest BCUT2D eigenvalue weighted by Gasteiger charge is 2.12. The maximum Gasteiger partial charge on any atom is 0.236 e. The molecule has 2 heterocycles. The third-order valence-electron chi connectivity index (χ3n) is 2.59. The fourth-order valence-electron chi connectivity index (χ4n) is 1.64. The fourth-order valence-corrected chi connectivity index (χ4v) is 2.33. The lowest BCUT2D eigenvalue weighted by atomic mass is 10.3. The zero-order chi connectivity index (χ0) is 12.3. The Morgan fingerprint density at radius 2 is 2.35 bits per heavy atom. The van der Waals surface area contributed by atoms with Crippen molar-refractivity contribution >= 4 is 17.0 Å². The van der Waals surface area contributed by atoms with Crippen LogP contribution in [0.1, 0.15) is 17.5 Å². The molecule has 0 spiro atoms. The van der Waals surface area contributed by atoms with Crippen LogP contribution in [0.2, 0.25) is 0 Å². The van der Waals surface area contributed by atoms with Gasteiger partial charge in [0.05, 0.1) is 12.3 Å². The molecule has 5 heteroatoms. The van der Waals surface area contributed by atoms with Crippen LogP contribution in [0.15, 0.2) is 17.5 Å². The van der Waals surface area contributed by atoms with Gasteiger partial charge in [-0.1, -0.05) is 6.07 Å². The van der Waals surface area contributed by atoms with Crippen LogP contribution < -0.4 is 10.5 Å². The lowest BCUT2D eigenvalue weighted by Gasteiger charge is -2.07. The van der Waals surface area contributed by atoms with E-state index in [1.807, 2.05) is 13.8 Å². The monoisotopic (exact) mass is 251 g/mol. The van der Waals surface area contributed by atoms with E-state index in [4.69, 9.17) is 10.5 Å². The first-order chi connectivity index (χ1) is 8.22. The molecule has 0 fully saturated rings. The second-order valence-electron chi connectivity index (χ2n) is 3.80. The van der Waals surface area contributed by atoms with Gasteiger partial charge in [0.1, 0.15) is 5.69 Å². The van der Waals surface area contributed by atoms with Gasteiger partial charge in [0.2, 0.25) is 5.88 Å². The lowest BCUT2D eigenvalue weighted by Crippen LogP contribution is -2.07. The van der Waals surface area contributed by atoms with E-state index in [1.165, 1.54) is 4.88 Å². The minimum absolute atomic E-state index is 0.635. The lowest BCUT2D eigenvalue weighted by molar-refractivity contribution is 0.291. The quantitative estimate of drug-likeness (QED) is 0.888. The van der Waals surface area contributed by atoms with Gasteiger partial charge in [-0.15, -0.1) is 11.3 Å². The largest absolute Gasteiger partial charge is 0.476 e. The van der Waals surface area contributed by atoms with Crippen LogP contribution in [0.3, 0.4) is 0 Å². The molecule has 92 valence electrons. The molecule has 0 aliphatic rings. The number of hydrogen-bond acceptors (Lipinski definition) is 4. The van der Waals surface area contributed by atoms with Crippen molar-refractivity contribution in [3.05, 3.63) is 28.1 Å². The number of thiophene rings is 1. The Morgan fingerprint density at radius 3 is 3.00 bits per heavy atom. The Kier molecular flexibility index (Phi) is 3.68. The van der Waals surface area contributed by atoms with E-state index in [2.05, 4.69) is 22.6 Å². The number of nitrogens with zero attached hydrogens (tertiary/aromatic N) is 2. The van der Waals surface area contributed by atoms with Crippen molar-refractivity contribution < 1.29 is 4.74 Å². The number of nitrogens with two attached hydrogens (primary N) is 1. The normalized spacial score (nSPS) is 10.7. The van der Waals surface area contributed by atoms with Crippen LogP contribution in [0.4, 0.5) is 5.69 Å². The summed E-state index contributed by atoms with van der Waals surface area (Å²) < 4.78 is 7.54. The third-order valence-corrected chi connectivity index (χ3v) is 3.53. The fraction of sp³-hybridized carbons (Fsp3) is 0.417. The first-order valence-corrected chi connectivity index (χ1v) is 6.58. The summed E-state index contributed by atoms with van der Waals surface area (Å²) in [6.45, 7) is 5.33. The number of hydrogen-bond donors (Lipinski definition) is 1. The Hall–Kier alpha value is -1.49. The van der Waals surface area contributed by atoms with Gasteiger partial charge < -0.3 is 10.5 Å². The summed E-state index contributed by atoms with van der Waals surface area (Å²) in [5.41, 5.74) is 7.42. The van der Waals surface area contributed by atoms with E-state index in [9.17, 15) is 0 Å². The number of nitrogen functional groups attached to an aromatic ring is 1. The summed E-state index contributed by atoms with van der Waals surface area (Å²) in [6.07, 6.45) is 0.908. The summed E-state index contributed by atoms with van der Waals surface area (Å²) in [4.78, 5) is 1.32. The van der Waals surface area contributed by atoms with Crippen LogP contribution >= 0.6 is 11.3 Å². The summed E-state index contributed by atoms with van der Waals surface area (Å²) >= 11 is 1.74. The highest BCUT2D eigenvalue weighted by atomic mass is 32.1. The summed E-state index contributed by atoms with van der Waals surface area (Å²) in [5.74, 6) is 0.696. The van der Waals surface area contributed by atoms with Crippen molar-refractivity contribution in [1.82, 2.24) is 9.78 Å². The molecular weight excluding hydrogens is 234 g/mol. The molecule has 0 aliphatic carbocycles. The van der Waals surface area contributed by atoms with Crippen molar-refractivity contribution in [1.29, 1.82) is 0 Å². The van der Waals surface area contributed by atoms with Gasteiger partial charge in [-0.2, -0.15) is 5.10 Å². The average Bonchev–Trinajstić information content (AvgIpc) is 2.92. The maximum absolute atomic E-state index is 5.93. The van der Waals surface area contributed by atoms with Gasteiger partial charge in [-0.05, 0) is 25.3 Å². The van der Waals surface area contributed by atoms with Crippen LogP contribution in [0.5, 0.6) is 5.88 Å². The second kappa shape index (κ2) is 5.23. The Bertz CT molecular complexity index is 476. The standard InChI is InChI=1S/C12H17N3OS/c1-3-15-12(11(13)9(2)14-15)16-7-6-10-5-4-8-17-10/h4-5,8H,3,6-7,13H2,1-2H3. The molecule has 2 N–H and O–H groups in total. The topological polar surface area (TPSA) is 53.1 Å². The predicted octanol–water partition coefficient (Wildman–Crippen LogP) is 2.48. The smallest absolute Gasteiger partial charge is 0.236 e. The molecule has 17 heavy (non-hydrogen) atoms. The molecule has 0 amide bonds. The van der Waals surface area contributed by atoms with Crippen LogP contribution in [0.25, 0.3) is 0 Å². The molecule has 2 aromatic heterocycles. The van der Waals surface area contributed by atoms with E-state index in [-0.39, 0.29) is 0 Å². The molecule has 4 nitrogen and oxygen atoms in total. The molecule has 0 aromatic carbocycles. The molecule has 0 unspecified atom stereocenters. The third kappa shape index (κ3) is 2.61. The first-order valence-electron chi connectivity index (χ1n) is 5.70. The van der Waals surface area contributed by atoms with Crippen LogP contribution in [-0.2, 0) is 13.0 Å². The molecule has 2 aromatic rings. The van der Waals surface area contributed by atoms with Gasteiger partial charge in [0.25, 0.3) is 0 Å². The van der Waals surface area contributed by atoms with E-state index in [1.54, 1.807) is 16.0 Å². The minimum Gasteiger partial charge on any atom is -0.476 e. The van der Waals surface area contributed by atoms with Gasteiger partial charge >= 0.3 is 0 Å². The van der Waals surface area contributed by atoms with Gasteiger partial charge in [-0.25, -0.2) is 4.68 Å². The molecule has 2 rings (SSSR count). The van der Waals surface area contributed by atoms with E-state index in [0.29, 0.717) is 18.2 Å². The number of aromatic nitrogens is 2. The van der Waals surface area contributed by atoms with E-state index in [0.717, 1.165) is 18.7 Å². The van der Waals surface area contributed by atoms with E-state index >= 15 is 0 Å².